The highest BCUT2D eigenvalue weighted by Crippen LogP contribution is 2.16. The molecule has 0 aliphatic rings. The molecule has 0 bridgehead atoms. The van der Waals surface area contributed by atoms with E-state index < -0.39 is 0 Å². The molecule has 0 amide bonds. The summed E-state index contributed by atoms with van der Waals surface area (Å²) in [5.41, 5.74) is 7.39. The Hall–Kier alpha value is -2.10. The van der Waals surface area contributed by atoms with E-state index in [-0.39, 0.29) is 5.56 Å². The summed E-state index contributed by atoms with van der Waals surface area (Å²) in [6.07, 6.45) is 2.88. The fourth-order valence-corrected chi connectivity index (χ4v) is 1.26. The number of nitrogen functional groups attached to an aromatic ring is 1. The average molecular weight is 187 g/mol. The molecule has 70 valence electrons. The number of aromatic nitrogens is 2. The summed E-state index contributed by atoms with van der Waals surface area (Å²) in [7, 11) is 0. The van der Waals surface area contributed by atoms with Crippen molar-refractivity contribution in [1.82, 2.24) is 9.97 Å². The molecule has 4 nitrogen and oxygen atoms in total. The van der Waals surface area contributed by atoms with Crippen LogP contribution in [0, 0.1) is 0 Å². The van der Waals surface area contributed by atoms with Crippen LogP contribution in [0.5, 0.6) is 0 Å². The molecule has 0 aliphatic carbocycles. The van der Waals surface area contributed by atoms with Crippen LogP contribution >= 0.6 is 0 Å². The summed E-state index contributed by atoms with van der Waals surface area (Å²) >= 11 is 0. The van der Waals surface area contributed by atoms with E-state index in [1.165, 1.54) is 12.5 Å². The molecule has 0 spiro atoms. The van der Waals surface area contributed by atoms with Gasteiger partial charge < -0.3 is 10.7 Å². The molecule has 0 saturated heterocycles. The third kappa shape index (κ3) is 1.50. The van der Waals surface area contributed by atoms with E-state index in [1.807, 2.05) is 6.07 Å². The number of nitrogens with zero attached hydrogens (tertiary/aromatic N) is 1. The van der Waals surface area contributed by atoms with Crippen LogP contribution in [-0.4, -0.2) is 9.97 Å². The lowest BCUT2D eigenvalue weighted by Crippen LogP contribution is -2.08. The van der Waals surface area contributed by atoms with Crippen LogP contribution in [0.4, 0.5) is 5.69 Å². The summed E-state index contributed by atoms with van der Waals surface area (Å²) in [5, 5.41) is 0. The molecule has 3 N–H and O–H groups in total. The maximum absolute atomic E-state index is 11.4. The Bertz CT molecular complexity index is 504. The van der Waals surface area contributed by atoms with Gasteiger partial charge in [0.2, 0.25) is 0 Å². The number of nitrogens with one attached hydrogen (secondary N) is 1. The minimum absolute atomic E-state index is 0.161. The second-order valence-electron chi connectivity index (χ2n) is 2.92. The third-order valence-electron chi connectivity index (χ3n) is 1.92. The first-order valence-electron chi connectivity index (χ1n) is 4.16. The lowest BCUT2D eigenvalue weighted by atomic mass is 10.1. The standard InChI is InChI=1S/C10H9N3O/c11-8-3-1-2-7(4-8)9-5-12-6-13-10(9)14/h1-6H,11H2,(H,12,13,14). The van der Waals surface area contributed by atoms with Gasteiger partial charge in [0, 0.05) is 11.9 Å². The molecule has 2 aromatic rings. The Morgan fingerprint density at radius 2 is 2.21 bits per heavy atom. The van der Waals surface area contributed by atoms with Crippen molar-refractivity contribution in [2.24, 2.45) is 0 Å². The van der Waals surface area contributed by atoms with Crippen molar-refractivity contribution < 1.29 is 0 Å². The molecule has 14 heavy (non-hydrogen) atoms. The molecular weight excluding hydrogens is 178 g/mol. The molecule has 0 saturated carbocycles. The van der Waals surface area contributed by atoms with Gasteiger partial charge in [0.25, 0.3) is 5.56 Å². The highest BCUT2D eigenvalue weighted by atomic mass is 16.1. The number of nitrogens with two attached hydrogens (primary N) is 1. The molecule has 1 heterocycles. The van der Waals surface area contributed by atoms with Crippen molar-refractivity contribution in [3.05, 3.63) is 47.1 Å². The molecule has 0 aliphatic heterocycles. The Labute approximate surface area is 80.4 Å². The summed E-state index contributed by atoms with van der Waals surface area (Å²) in [5.74, 6) is 0. The van der Waals surface area contributed by atoms with Gasteiger partial charge >= 0.3 is 0 Å². The van der Waals surface area contributed by atoms with Crippen molar-refractivity contribution in [2.75, 3.05) is 5.73 Å². The average Bonchev–Trinajstić information content (AvgIpc) is 2.18. The number of aromatic amines is 1. The van der Waals surface area contributed by atoms with Crippen LogP contribution in [-0.2, 0) is 0 Å². The van der Waals surface area contributed by atoms with Gasteiger partial charge in [0.1, 0.15) is 0 Å². The predicted molar refractivity (Wildman–Crippen MR) is 54.7 cm³/mol. The monoisotopic (exact) mass is 187 g/mol. The van der Waals surface area contributed by atoms with Gasteiger partial charge in [-0.1, -0.05) is 12.1 Å². The van der Waals surface area contributed by atoms with Gasteiger partial charge in [0.15, 0.2) is 0 Å². The van der Waals surface area contributed by atoms with Gasteiger partial charge in [-0.2, -0.15) is 0 Å². The van der Waals surface area contributed by atoms with E-state index in [2.05, 4.69) is 9.97 Å². The SMILES string of the molecule is Nc1cccc(-c2cnc[nH]c2=O)c1. The minimum atomic E-state index is -0.161. The zero-order valence-electron chi connectivity index (χ0n) is 7.40. The van der Waals surface area contributed by atoms with Crippen LogP contribution in [0.1, 0.15) is 0 Å². The molecule has 1 aromatic heterocycles. The zero-order valence-corrected chi connectivity index (χ0v) is 7.40. The van der Waals surface area contributed by atoms with E-state index in [4.69, 9.17) is 5.73 Å². The Morgan fingerprint density at radius 3 is 2.93 bits per heavy atom. The highest BCUT2D eigenvalue weighted by Gasteiger charge is 2.01. The molecule has 0 radical (unpaired) electrons. The van der Waals surface area contributed by atoms with Gasteiger partial charge in [-0.3, -0.25) is 4.79 Å². The second-order valence-corrected chi connectivity index (χ2v) is 2.92. The summed E-state index contributed by atoms with van der Waals surface area (Å²) < 4.78 is 0. The van der Waals surface area contributed by atoms with E-state index in [9.17, 15) is 4.79 Å². The van der Waals surface area contributed by atoms with Crippen molar-refractivity contribution in [3.63, 3.8) is 0 Å². The topological polar surface area (TPSA) is 71.8 Å². The molecule has 1 aromatic carbocycles. The van der Waals surface area contributed by atoms with Gasteiger partial charge in [0.05, 0.1) is 11.9 Å². The van der Waals surface area contributed by atoms with E-state index >= 15 is 0 Å². The summed E-state index contributed by atoms with van der Waals surface area (Å²) in [4.78, 5) is 17.8. The Morgan fingerprint density at radius 1 is 1.36 bits per heavy atom. The van der Waals surface area contributed by atoms with Crippen molar-refractivity contribution in [2.45, 2.75) is 0 Å². The van der Waals surface area contributed by atoms with Crippen LogP contribution in [0.2, 0.25) is 0 Å². The zero-order chi connectivity index (χ0) is 9.97. The number of rotatable bonds is 1. The van der Waals surface area contributed by atoms with Gasteiger partial charge in [-0.05, 0) is 17.7 Å². The quantitative estimate of drug-likeness (QED) is 0.654. The minimum Gasteiger partial charge on any atom is -0.399 e. The molecule has 0 unspecified atom stereocenters. The number of hydrogen-bond donors (Lipinski definition) is 2. The summed E-state index contributed by atoms with van der Waals surface area (Å²) in [6.45, 7) is 0. The Balaban J connectivity index is 2.61. The first-order chi connectivity index (χ1) is 6.77. The maximum Gasteiger partial charge on any atom is 0.258 e. The highest BCUT2D eigenvalue weighted by molar-refractivity contribution is 5.65. The van der Waals surface area contributed by atoms with Crippen molar-refractivity contribution in [3.8, 4) is 11.1 Å². The van der Waals surface area contributed by atoms with Crippen LogP contribution in [0.15, 0.2) is 41.6 Å². The third-order valence-corrected chi connectivity index (χ3v) is 1.92. The fraction of sp³-hybridized carbons (Fsp3) is 0. The molecule has 0 atom stereocenters. The first-order valence-corrected chi connectivity index (χ1v) is 4.16. The van der Waals surface area contributed by atoms with Crippen LogP contribution in [0.3, 0.4) is 0 Å². The fourth-order valence-electron chi connectivity index (χ4n) is 1.26. The predicted octanol–water partition coefficient (Wildman–Crippen LogP) is 1.02. The van der Waals surface area contributed by atoms with Crippen molar-refractivity contribution >= 4 is 5.69 Å². The smallest absolute Gasteiger partial charge is 0.258 e. The number of anilines is 1. The van der Waals surface area contributed by atoms with Crippen LogP contribution in [0.25, 0.3) is 11.1 Å². The van der Waals surface area contributed by atoms with Crippen LogP contribution < -0.4 is 11.3 Å². The van der Waals surface area contributed by atoms with Crippen molar-refractivity contribution in [1.29, 1.82) is 0 Å². The first kappa shape index (κ1) is 8.50. The molecular formula is C10H9N3O. The lowest BCUT2D eigenvalue weighted by Gasteiger charge is -1.99. The van der Waals surface area contributed by atoms with E-state index in [0.29, 0.717) is 11.3 Å². The molecule has 0 fully saturated rings. The van der Waals surface area contributed by atoms with Gasteiger partial charge in [-0.25, -0.2) is 4.98 Å². The number of H-pyrrole nitrogens is 1. The largest absolute Gasteiger partial charge is 0.399 e. The van der Waals surface area contributed by atoms with E-state index in [1.54, 1.807) is 18.2 Å². The summed E-state index contributed by atoms with van der Waals surface area (Å²) in [6, 6.07) is 7.14. The maximum atomic E-state index is 11.4. The number of benzene rings is 1. The van der Waals surface area contributed by atoms with E-state index in [0.717, 1.165) is 5.56 Å². The van der Waals surface area contributed by atoms with Gasteiger partial charge in [-0.15, -0.1) is 0 Å². The normalized spacial score (nSPS) is 10.0. The lowest BCUT2D eigenvalue weighted by molar-refractivity contribution is 1.12. The Kier molecular flexibility index (Phi) is 2.02. The number of hydrogen-bond acceptors (Lipinski definition) is 3. The second kappa shape index (κ2) is 3.33. The molecule has 2 rings (SSSR count). The molecule has 4 heteroatoms.